The molecule has 0 saturated carbocycles. The Kier molecular flexibility index (Phi) is 61.8. The molecule has 0 spiro atoms. The molecule has 0 aromatic heterocycles. The SMILES string of the molecule is CCCCCCCCCCCCCCCCCCCC(=O)O[C@H](COC(=O)CCCCCCCCCCCCCCC)COP(=O)(O)OC[C@@H](O)COP(=O)(O)OC[C@@H](COC(=O)CCCCCCCCC(C)CC)OC(=O)CCCCCCCCCC(C)C. The molecule has 0 rings (SSSR count). The average Bonchev–Trinajstić information content (AvgIpc) is 3.13. The summed E-state index contributed by atoms with van der Waals surface area (Å²) in [6.07, 6.45) is 48.7. The maximum Gasteiger partial charge on any atom is 0.472 e. The Hall–Kier alpha value is -1.94. The number of unbranched alkanes of at least 4 members (excludes halogenated alkanes) is 39. The molecule has 0 fully saturated rings. The van der Waals surface area contributed by atoms with Gasteiger partial charge in [0.15, 0.2) is 12.2 Å². The van der Waals surface area contributed by atoms with Gasteiger partial charge in [-0.3, -0.25) is 37.3 Å². The van der Waals surface area contributed by atoms with E-state index in [1.807, 2.05) is 0 Å². The molecule has 17 nitrogen and oxygen atoms in total. The number of esters is 4. The molecule has 534 valence electrons. The first-order valence-corrected chi connectivity index (χ1v) is 40.0. The number of hydrogen-bond donors (Lipinski definition) is 3. The van der Waals surface area contributed by atoms with E-state index < -0.39 is 97.5 Å². The molecule has 0 radical (unpaired) electrons. The fourth-order valence-corrected chi connectivity index (χ4v) is 12.3. The zero-order valence-corrected chi connectivity index (χ0v) is 60.2. The smallest absolute Gasteiger partial charge is 0.462 e. The third-order valence-electron chi connectivity index (χ3n) is 16.8. The molecule has 0 bridgehead atoms. The molecule has 0 aromatic rings. The van der Waals surface area contributed by atoms with Gasteiger partial charge in [0.25, 0.3) is 0 Å². The molecular formula is C71H138O17P2. The van der Waals surface area contributed by atoms with E-state index in [9.17, 15) is 43.2 Å². The van der Waals surface area contributed by atoms with Crippen LogP contribution in [0.15, 0.2) is 0 Å². The molecule has 0 aliphatic rings. The predicted molar refractivity (Wildman–Crippen MR) is 363 cm³/mol. The zero-order valence-electron chi connectivity index (χ0n) is 58.4. The highest BCUT2D eigenvalue weighted by atomic mass is 31.2. The second-order valence-electron chi connectivity index (χ2n) is 26.3. The highest BCUT2D eigenvalue weighted by molar-refractivity contribution is 7.47. The molecule has 0 heterocycles. The summed E-state index contributed by atoms with van der Waals surface area (Å²) in [5.74, 6) is -0.698. The van der Waals surface area contributed by atoms with E-state index in [1.54, 1.807) is 0 Å². The summed E-state index contributed by atoms with van der Waals surface area (Å²) in [5, 5.41) is 10.6. The second-order valence-corrected chi connectivity index (χ2v) is 29.3. The van der Waals surface area contributed by atoms with Crippen LogP contribution in [0.3, 0.4) is 0 Å². The van der Waals surface area contributed by atoms with Gasteiger partial charge in [0, 0.05) is 25.7 Å². The number of rotatable bonds is 70. The van der Waals surface area contributed by atoms with Crippen molar-refractivity contribution < 1.29 is 80.2 Å². The Bertz CT molecular complexity index is 1750. The van der Waals surface area contributed by atoms with E-state index in [0.717, 1.165) is 102 Å². The molecule has 90 heavy (non-hydrogen) atoms. The first kappa shape index (κ1) is 88.1. The molecule has 3 N–H and O–H groups in total. The minimum Gasteiger partial charge on any atom is -0.462 e. The highest BCUT2D eigenvalue weighted by Crippen LogP contribution is 2.45. The van der Waals surface area contributed by atoms with Gasteiger partial charge in [0.05, 0.1) is 26.4 Å². The van der Waals surface area contributed by atoms with Gasteiger partial charge >= 0.3 is 39.5 Å². The molecule has 19 heteroatoms. The summed E-state index contributed by atoms with van der Waals surface area (Å²) in [6.45, 7) is 9.45. The number of aliphatic hydroxyl groups excluding tert-OH is 1. The maximum absolute atomic E-state index is 13.0. The van der Waals surface area contributed by atoms with Crippen LogP contribution in [0.2, 0.25) is 0 Å². The molecule has 0 saturated heterocycles. The lowest BCUT2D eigenvalue weighted by atomic mass is 10.00. The minimum atomic E-state index is -4.95. The first-order valence-electron chi connectivity index (χ1n) is 37.0. The number of phosphoric acid groups is 2. The number of carbonyl (C=O) groups excluding carboxylic acids is 4. The van der Waals surface area contributed by atoms with Gasteiger partial charge in [0.1, 0.15) is 19.3 Å². The normalized spacial score (nSPS) is 14.4. The quantitative estimate of drug-likeness (QED) is 0.0222. The van der Waals surface area contributed by atoms with Crippen molar-refractivity contribution in [1.29, 1.82) is 0 Å². The van der Waals surface area contributed by atoms with E-state index in [1.165, 1.54) is 173 Å². The Morgan fingerprint density at radius 2 is 0.567 bits per heavy atom. The molecule has 3 unspecified atom stereocenters. The molecule has 6 atom stereocenters. The zero-order chi connectivity index (χ0) is 66.5. The van der Waals surface area contributed by atoms with Crippen LogP contribution in [-0.4, -0.2) is 96.7 Å². The minimum absolute atomic E-state index is 0.103. The van der Waals surface area contributed by atoms with Crippen molar-refractivity contribution >= 4 is 39.5 Å². The number of aliphatic hydroxyl groups is 1. The van der Waals surface area contributed by atoms with Crippen LogP contribution in [0.1, 0.15) is 363 Å². The van der Waals surface area contributed by atoms with Crippen molar-refractivity contribution in [2.24, 2.45) is 11.8 Å². The highest BCUT2D eigenvalue weighted by Gasteiger charge is 2.30. The van der Waals surface area contributed by atoms with Crippen molar-refractivity contribution in [3.8, 4) is 0 Å². The van der Waals surface area contributed by atoms with Crippen molar-refractivity contribution in [2.75, 3.05) is 39.6 Å². The Balaban J connectivity index is 5.23. The fraction of sp³-hybridized carbons (Fsp3) is 0.944. The molecule has 0 aliphatic heterocycles. The van der Waals surface area contributed by atoms with E-state index in [2.05, 4.69) is 41.5 Å². The van der Waals surface area contributed by atoms with Gasteiger partial charge in [-0.05, 0) is 37.5 Å². The lowest BCUT2D eigenvalue weighted by Gasteiger charge is -2.21. The van der Waals surface area contributed by atoms with Gasteiger partial charge in [-0.15, -0.1) is 0 Å². The third kappa shape index (κ3) is 63.5. The van der Waals surface area contributed by atoms with Crippen LogP contribution in [0.4, 0.5) is 0 Å². The summed E-state index contributed by atoms with van der Waals surface area (Å²) < 4.78 is 68.3. The van der Waals surface area contributed by atoms with Crippen LogP contribution in [-0.2, 0) is 65.4 Å². The summed E-state index contributed by atoms with van der Waals surface area (Å²) >= 11 is 0. The standard InChI is InChI=1S/C71H138O17P2/c1-7-10-12-14-16-18-20-22-23-24-25-27-29-31-35-43-49-55-70(75)87-66(59-81-68(73)53-47-41-34-30-28-26-21-19-17-15-13-11-8-2)61-85-89(77,78)83-57-65(72)58-84-90(79,80)86-62-67(88-71(76)56-50-44-36-32-33-39-45-51-63(4)5)60-82-69(74)54-48-42-38-37-40-46-52-64(6)9-3/h63-67,72H,7-62H2,1-6H3,(H,77,78)(H,79,80)/t64?,65-,66-,67-/m1/s1. The Morgan fingerprint density at radius 3 is 0.844 bits per heavy atom. The lowest BCUT2D eigenvalue weighted by Crippen LogP contribution is -2.30. The Labute approximate surface area is 549 Å². The number of carbonyl (C=O) groups is 4. The van der Waals surface area contributed by atoms with Crippen LogP contribution in [0.5, 0.6) is 0 Å². The predicted octanol–water partition coefficient (Wildman–Crippen LogP) is 20.4. The lowest BCUT2D eigenvalue weighted by molar-refractivity contribution is -0.161. The summed E-state index contributed by atoms with van der Waals surface area (Å²) in [6, 6.07) is 0. The fourth-order valence-electron chi connectivity index (χ4n) is 10.7. The van der Waals surface area contributed by atoms with Crippen LogP contribution in [0, 0.1) is 11.8 Å². The van der Waals surface area contributed by atoms with E-state index in [0.29, 0.717) is 31.6 Å². The topological polar surface area (TPSA) is 237 Å². The summed E-state index contributed by atoms with van der Waals surface area (Å²) in [7, 11) is -9.90. The van der Waals surface area contributed by atoms with Crippen LogP contribution >= 0.6 is 15.6 Å². The number of phosphoric ester groups is 2. The molecule has 0 aliphatic carbocycles. The molecule has 0 amide bonds. The summed E-state index contributed by atoms with van der Waals surface area (Å²) in [4.78, 5) is 72.5. The van der Waals surface area contributed by atoms with Gasteiger partial charge in [-0.25, -0.2) is 9.13 Å². The first-order chi connectivity index (χ1) is 43.4. The largest absolute Gasteiger partial charge is 0.472 e. The summed E-state index contributed by atoms with van der Waals surface area (Å²) in [5.41, 5.74) is 0. The van der Waals surface area contributed by atoms with Gasteiger partial charge in [0.2, 0.25) is 0 Å². The van der Waals surface area contributed by atoms with E-state index in [-0.39, 0.29) is 25.7 Å². The van der Waals surface area contributed by atoms with E-state index >= 15 is 0 Å². The van der Waals surface area contributed by atoms with Gasteiger partial charge in [-0.2, -0.15) is 0 Å². The second kappa shape index (κ2) is 63.1. The van der Waals surface area contributed by atoms with Gasteiger partial charge in [-0.1, -0.05) is 311 Å². The van der Waals surface area contributed by atoms with Gasteiger partial charge < -0.3 is 33.8 Å². The van der Waals surface area contributed by atoms with Crippen molar-refractivity contribution in [3.63, 3.8) is 0 Å². The average molecular weight is 1330 g/mol. The van der Waals surface area contributed by atoms with Crippen LogP contribution in [0.25, 0.3) is 0 Å². The van der Waals surface area contributed by atoms with Crippen molar-refractivity contribution in [3.05, 3.63) is 0 Å². The third-order valence-corrected chi connectivity index (χ3v) is 18.7. The van der Waals surface area contributed by atoms with Crippen LogP contribution < -0.4 is 0 Å². The maximum atomic E-state index is 13.0. The number of hydrogen-bond acceptors (Lipinski definition) is 15. The van der Waals surface area contributed by atoms with E-state index in [4.69, 9.17) is 37.0 Å². The monoisotopic (exact) mass is 1320 g/mol. The Morgan fingerprint density at radius 1 is 0.322 bits per heavy atom. The molecular weight excluding hydrogens is 1190 g/mol. The molecule has 0 aromatic carbocycles. The van der Waals surface area contributed by atoms with Crippen molar-refractivity contribution in [2.45, 2.75) is 381 Å². The number of ether oxygens (including phenoxy) is 4. The van der Waals surface area contributed by atoms with Crippen molar-refractivity contribution in [1.82, 2.24) is 0 Å².